The summed E-state index contributed by atoms with van der Waals surface area (Å²) < 4.78 is 5.58. The smallest absolute Gasteiger partial charge is 0.196 e. The van der Waals surface area contributed by atoms with Gasteiger partial charge in [0.25, 0.3) is 0 Å². The number of hydrogen-bond donors (Lipinski definition) is 3. The Kier molecular flexibility index (Phi) is 4.17. The third-order valence-corrected chi connectivity index (χ3v) is 2.61. The summed E-state index contributed by atoms with van der Waals surface area (Å²) in [6.07, 6.45) is 0.941. The summed E-state index contributed by atoms with van der Waals surface area (Å²) in [6, 6.07) is 5.53. The molecule has 1 atom stereocenters. The van der Waals surface area contributed by atoms with Crippen LogP contribution < -0.4 is 15.8 Å². The van der Waals surface area contributed by atoms with Crippen LogP contribution in [0, 0.1) is 0 Å². The number of tetrazole rings is 1. The normalized spacial score (nSPS) is 12.1. The second-order valence-electron chi connectivity index (χ2n) is 4.24. The van der Waals surface area contributed by atoms with Crippen molar-refractivity contribution in [3.05, 3.63) is 24.0 Å². The lowest BCUT2D eigenvalue weighted by molar-refractivity contribution is 0.319. The van der Waals surface area contributed by atoms with Crippen molar-refractivity contribution in [2.75, 3.05) is 17.7 Å². The number of ether oxygens (including phenoxy) is 1. The molecule has 1 heterocycles. The molecule has 0 saturated heterocycles. The number of aromatic nitrogens is 4. The quantitative estimate of drug-likeness (QED) is 0.685. The minimum atomic E-state index is -0.0543. The van der Waals surface area contributed by atoms with Crippen LogP contribution in [0.5, 0.6) is 5.75 Å². The van der Waals surface area contributed by atoms with E-state index in [1.165, 1.54) is 0 Å². The fourth-order valence-electron chi connectivity index (χ4n) is 1.63. The molecule has 1 aromatic heterocycles. The van der Waals surface area contributed by atoms with E-state index in [0.29, 0.717) is 23.9 Å². The second kappa shape index (κ2) is 6.03. The zero-order valence-corrected chi connectivity index (χ0v) is 11.1. The molecule has 1 aromatic carbocycles. The highest BCUT2D eigenvalue weighted by Crippen LogP contribution is 2.27. The predicted molar refractivity (Wildman–Crippen MR) is 72.9 cm³/mol. The highest BCUT2D eigenvalue weighted by molar-refractivity contribution is 5.61. The van der Waals surface area contributed by atoms with Crippen molar-refractivity contribution >= 4 is 11.4 Å². The predicted octanol–water partition coefficient (Wildman–Crippen LogP) is 1.74. The molecule has 0 radical (unpaired) electrons. The highest BCUT2D eigenvalue weighted by atomic mass is 16.5. The number of benzene rings is 1. The minimum Gasteiger partial charge on any atom is -0.491 e. The van der Waals surface area contributed by atoms with Gasteiger partial charge in [0.1, 0.15) is 5.75 Å². The molecule has 19 heavy (non-hydrogen) atoms. The lowest BCUT2D eigenvalue weighted by Crippen LogP contribution is -2.09. The van der Waals surface area contributed by atoms with E-state index in [4.69, 9.17) is 10.5 Å². The summed E-state index contributed by atoms with van der Waals surface area (Å²) in [6.45, 7) is 4.65. The van der Waals surface area contributed by atoms with Crippen LogP contribution in [0.25, 0.3) is 0 Å². The van der Waals surface area contributed by atoms with Crippen molar-refractivity contribution in [3.8, 4) is 5.75 Å². The van der Waals surface area contributed by atoms with E-state index < -0.39 is 0 Å². The average Bonchev–Trinajstić information content (AvgIpc) is 2.93. The lowest BCUT2D eigenvalue weighted by Gasteiger charge is -2.14. The second-order valence-corrected chi connectivity index (χ2v) is 4.24. The molecule has 102 valence electrons. The minimum absolute atomic E-state index is 0.0543. The number of hydrogen-bond acceptors (Lipinski definition) is 6. The van der Waals surface area contributed by atoms with Gasteiger partial charge in [-0.05, 0) is 25.5 Å². The first-order valence-corrected chi connectivity index (χ1v) is 6.23. The molecule has 0 spiro atoms. The van der Waals surface area contributed by atoms with Gasteiger partial charge in [-0.1, -0.05) is 12.1 Å². The molecular weight excluding hydrogens is 244 g/mol. The Morgan fingerprint density at radius 3 is 3.00 bits per heavy atom. The van der Waals surface area contributed by atoms with Crippen LogP contribution in [-0.4, -0.2) is 27.2 Å². The number of aromatic amines is 1. The van der Waals surface area contributed by atoms with Crippen molar-refractivity contribution in [1.29, 1.82) is 0 Å². The number of rotatable bonds is 6. The Morgan fingerprint density at radius 2 is 2.32 bits per heavy atom. The zero-order chi connectivity index (χ0) is 13.7. The van der Waals surface area contributed by atoms with Crippen molar-refractivity contribution in [2.24, 2.45) is 0 Å². The largest absolute Gasteiger partial charge is 0.491 e. The molecule has 0 aliphatic carbocycles. The summed E-state index contributed by atoms with van der Waals surface area (Å²) in [5.74, 6) is 1.29. The average molecular weight is 262 g/mol. The van der Waals surface area contributed by atoms with Crippen LogP contribution in [0.4, 0.5) is 11.4 Å². The van der Waals surface area contributed by atoms with E-state index >= 15 is 0 Å². The molecule has 0 amide bonds. The topological polar surface area (TPSA) is 102 Å². The van der Waals surface area contributed by atoms with Gasteiger partial charge in [-0.2, -0.15) is 5.21 Å². The summed E-state index contributed by atoms with van der Waals surface area (Å²) in [5.41, 5.74) is 7.39. The molecule has 0 fully saturated rings. The van der Waals surface area contributed by atoms with Gasteiger partial charge >= 0.3 is 0 Å². The third kappa shape index (κ3) is 3.34. The SMILES string of the molecule is CCCOc1cc(NC(C)c2nn[nH]n2)ccc1N. The fraction of sp³-hybridized carbons (Fsp3) is 0.417. The van der Waals surface area contributed by atoms with Gasteiger partial charge in [-0.3, -0.25) is 0 Å². The van der Waals surface area contributed by atoms with E-state index in [2.05, 4.69) is 32.9 Å². The third-order valence-electron chi connectivity index (χ3n) is 2.61. The van der Waals surface area contributed by atoms with Crippen molar-refractivity contribution in [2.45, 2.75) is 26.3 Å². The lowest BCUT2D eigenvalue weighted by atomic mass is 10.2. The van der Waals surface area contributed by atoms with E-state index in [-0.39, 0.29) is 6.04 Å². The maximum absolute atomic E-state index is 5.86. The monoisotopic (exact) mass is 262 g/mol. The molecule has 4 N–H and O–H groups in total. The first kappa shape index (κ1) is 13.1. The van der Waals surface area contributed by atoms with Crippen molar-refractivity contribution < 1.29 is 4.74 Å². The van der Waals surface area contributed by atoms with E-state index in [9.17, 15) is 0 Å². The number of H-pyrrole nitrogens is 1. The molecule has 7 nitrogen and oxygen atoms in total. The first-order chi connectivity index (χ1) is 9.20. The standard InChI is InChI=1S/C12H18N6O/c1-3-6-19-11-7-9(4-5-10(11)13)14-8(2)12-15-17-18-16-12/h4-5,7-8,14H,3,6,13H2,1-2H3,(H,15,16,17,18). The van der Waals surface area contributed by atoms with Crippen molar-refractivity contribution in [1.82, 2.24) is 20.6 Å². The molecule has 7 heteroatoms. The van der Waals surface area contributed by atoms with Gasteiger partial charge in [0, 0.05) is 11.8 Å². The Labute approximate surface area is 111 Å². The van der Waals surface area contributed by atoms with E-state index in [0.717, 1.165) is 12.1 Å². The molecule has 2 aromatic rings. The number of anilines is 2. The van der Waals surface area contributed by atoms with Gasteiger partial charge in [0.15, 0.2) is 5.82 Å². The number of nitrogens with two attached hydrogens (primary N) is 1. The first-order valence-electron chi connectivity index (χ1n) is 6.23. The number of nitrogens with zero attached hydrogens (tertiary/aromatic N) is 3. The number of nitrogens with one attached hydrogen (secondary N) is 2. The fourth-order valence-corrected chi connectivity index (χ4v) is 1.63. The van der Waals surface area contributed by atoms with Gasteiger partial charge in [-0.25, -0.2) is 0 Å². The van der Waals surface area contributed by atoms with E-state index in [1.807, 2.05) is 25.1 Å². The molecule has 0 saturated carbocycles. The number of nitrogen functional groups attached to an aromatic ring is 1. The molecule has 1 unspecified atom stereocenters. The molecule has 0 aliphatic rings. The van der Waals surface area contributed by atoms with Gasteiger partial charge in [0.05, 0.1) is 18.3 Å². The Morgan fingerprint density at radius 1 is 1.47 bits per heavy atom. The summed E-state index contributed by atoms with van der Waals surface area (Å²) in [4.78, 5) is 0. The van der Waals surface area contributed by atoms with Crippen LogP contribution >= 0.6 is 0 Å². The molecule has 2 rings (SSSR count). The van der Waals surface area contributed by atoms with Crippen molar-refractivity contribution in [3.63, 3.8) is 0 Å². The van der Waals surface area contributed by atoms with Gasteiger partial charge in [0.2, 0.25) is 0 Å². The molecular formula is C12H18N6O. The van der Waals surface area contributed by atoms with Crippen LogP contribution in [0.1, 0.15) is 32.1 Å². The molecule has 0 aliphatic heterocycles. The Balaban J connectivity index is 2.08. The van der Waals surface area contributed by atoms with Crippen LogP contribution in [0.3, 0.4) is 0 Å². The Hall–Kier alpha value is -2.31. The summed E-state index contributed by atoms with van der Waals surface area (Å²) >= 11 is 0. The van der Waals surface area contributed by atoms with Gasteiger partial charge in [-0.15, -0.1) is 10.2 Å². The maximum Gasteiger partial charge on any atom is 0.196 e. The van der Waals surface area contributed by atoms with Gasteiger partial charge < -0.3 is 15.8 Å². The van der Waals surface area contributed by atoms with Crippen LogP contribution in [0.15, 0.2) is 18.2 Å². The molecule has 0 bridgehead atoms. The van der Waals surface area contributed by atoms with Crippen LogP contribution in [-0.2, 0) is 0 Å². The van der Waals surface area contributed by atoms with Crippen LogP contribution in [0.2, 0.25) is 0 Å². The summed E-state index contributed by atoms with van der Waals surface area (Å²) in [5, 5.41) is 17.1. The summed E-state index contributed by atoms with van der Waals surface area (Å²) in [7, 11) is 0. The Bertz CT molecular complexity index is 513. The maximum atomic E-state index is 5.86. The highest BCUT2D eigenvalue weighted by Gasteiger charge is 2.11. The van der Waals surface area contributed by atoms with E-state index in [1.54, 1.807) is 0 Å². The zero-order valence-electron chi connectivity index (χ0n) is 11.1.